The van der Waals surface area contributed by atoms with E-state index in [1.54, 1.807) is 21.9 Å². The van der Waals surface area contributed by atoms with E-state index in [0.29, 0.717) is 31.9 Å². The van der Waals surface area contributed by atoms with Crippen molar-refractivity contribution >= 4 is 32.9 Å². The molecule has 2 N–H and O–H groups in total. The average Bonchev–Trinajstić information content (AvgIpc) is 2.67. The molecule has 1 saturated heterocycles. The van der Waals surface area contributed by atoms with Crippen molar-refractivity contribution in [1.82, 2.24) is 0 Å². The summed E-state index contributed by atoms with van der Waals surface area (Å²) < 4.78 is 38.2. The van der Waals surface area contributed by atoms with Crippen molar-refractivity contribution in [2.24, 2.45) is 5.14 Å². The first kappa shape index (κ1) is 20.7. The van der Waals surface area contributed by atoms with Crippen LogP contribution in [0.15, 0.2) is 41.3 Å². The Balaban J connectivity index is 1.83. The predicted molar refractivity (Wildman–Crippen MR) is 105 cm³/mol. The molecule has 1 aliphatic rings. The summed E-state index contributed by atoms with van der Waals surface area (Å²) in [5, 5.41) is 16.2. The van der Waals surface area contributed by atoms with Crippen LogP contribution in [-0.4, -0.2) is 45.3 Å². The fourth-order valence-electron chi connectivity index (χ4n) is 3.28. The van der Waals surface area contributed by atoms with Gasteiger partial charge in [-0.25, -0.2) is 17.9 Å². The van der Waals surface area contributed by atoms with Gasteiger partial charge in [-0.15, -0.1) is 0 Å². The van der Waals surface area contributed by atoms with Crippen LogP contribution in [0.2, 0.25) is 0 Å². The van der Waals surface area contributed by atoms with Gasteiger partial charge in [0.25, 0.3) is 5.69 Å². The van der Waals surface area contributed by atoms with Crippen LogP contribution in [-0.2, 0) is 10.0 Å². The van der Waals surface area contributed by atoms with Crippen molar-refractivity contribution in [2.45, 2.75) is 11.8 Å². The molecule has 29 heavy (non-hydrogen) atoms. The topological polar surface area (TPSA) is 127 Å². The summed E-state index contributed by atoms with van der Waals surface area (Å²) in [6.07, 6.45) is 0. The van der Waals surface area contributed by atoms with Gasteiger partial charge in [0, 0.05) is 43.9 Å². The molecule has 154 valence electrons. The minimum absolute atomic E-state index is 0.228. The number of carbonyl (C=O) groups excluding carboxylic acids is 1. The van der Waals surface area contributed by atoms with E-state index in [4.69, 9.17) is 5.14 Å². The smallest absolute Gasteiger partial charge is 0.270 e. The van der Waals surface area contributed by atoms with E-state index in [-0.39, 0.29) is 27.6 Å². The zero-order valence-corrected chi connectivity index (χ0v) is 16.4. The predicted octanol–water partition coefficient (Wildman–Crippen LogP) is 1.91. The van der Waals surface area contributed by atoms with Crippen LogP contribution in [0.1, 0.15) is 17.3 Å². The average molecular weight is 422 g/mol. The summed E-state index contributed by atoms with van der Waals surface area (Å²) in [7, 11) is -4.18. The van der Waals surface area contributed by atoms with Gasteiger partial charge in [-0.05, 0) is 31.2 Å². The lowest BCUT2D eigenvalue weighted by Crippen LogP contribution is -2.47. The van der Waals surface area contributed by atoms with Gasteiger partial charge in [-0.3, -0.25) is 14.9 Å². The molecule has 0 saturated carbocycles. The first-order valence-electron chi connectivity index (χ1n) is 8.69. The maximum absolute atomic E-state index is 14.4. The van der Waals surface area contributed by atoms with E-state index in [2.05, 4.69) is 0 Å². The van der Waals surface area contributed by atoms with Crippen LogP contribution in [0.25, 0.3) is 0 Å². The number of nitro benzene ring substituents is 1. The van der Waals surface area contributed by atoms with Crippen LogP contribution in [0.3, 0.4) is 0 Å². The molecule has 11 heteroatoms. The van der Waals surface area contributed by atoms with Crippen LogP contribution in [0.5, 0.6) is 0 Å². The molecule has 1 fully saturated rings. The van der Waals surface area contributed by atoms with Gasteiger partial charge in [-0.1, -0.05) is 0 Å². The number of primary sulfonamides is 1. The Kier molecular flexibility index (Phi) is 5.53. The number of ketones is 1. The number of carbonyl (C=O) groups is 1. The normalized spacial score (nSPS) is 14.7. The third kappa shape index (κ3) is 4.35. The maximum atomic E-state index is 14.4. The lowest BCUT2D eigenvalue weighted by Gasteiger charge is -2.38. The third-order valence-corrected chi connectivity index (χ3v) is 5.72. The Morgan fingerprint density at radius 1 is 1.07 bits per heavy atom. The number of hydrogen-bond donors (Lipinski definition) is 1. The monoisotopic (exact) mass is 422 g/mol. The second-order valence-electron chi connectivity index (χ2n) is 6.65. The Hall–Kier alpha value is -3.05. The number of rotatable bonds is 5. The molecule has 1 heterocycles. The summed E-state index contributed by atoms with van der Waals surface area (Å²) in [5.74, 6) is -0.735. The number of hydrogen-bond acceptors (Lipinski definition) is 7. The summed E-state index contributed by atoms with van der Waals surface area (Å²) in [6.45, 7) is 2.84. The molecular weight excluding hydrogens is 403 g/mol. The van der Waals surface area contributed by atoms with Crippen molar-refractivity contribution < 1.29 is 22.5 Å². The Labute approximate surface area is 166 Å². The molecule has 2 aromatic carbocycles. The summed E-state index contributed by atoms with van der Waals surface area (Å²) in [5.41, 5.74) is 0.535. The van der Waals surface area contributed by atoms with Crippen molar-refractivity contribution in [3.63, 3.8) is 0 Å². The number of piperazine rings is 1. The Morgan fingerprint density at radius 2 is 1.62 bits per heavy atom. The molecule has 0 aromatic heterocycles. The second kappa shape index (κ2) is 7.76. The van der Waals surface area contributed by atoms with Crippen molar-refractivity contribution in [2.75, 3.05) is 36.0 Å². The van der Waals surface area contributed by atoms with E-state index in [1.165, 1.54) is 25.1 Å². The summed E-state index contributed by atoms with van der Waals surface area (Å²) >= 11 is 0. The molecule has 2 aromatic rings. The highest BCUT2D eigenvalue weighted by atomic mass is 32.2. The molecule has 0 aliphatic carbocycles. The first-order chi connectivity index (χ1) is 13.6. The number of sulfonamides is 1. The number of anilines is 2. The second-order valence-corrected chi connectivity index (χ2v) is 8.18. The molecule has 1 aliphatic heterocycles. The summed E-state index contributed by atoms with van der Waals surface area (Å²) in [4.78, 5) is 24.8. The molecule has 0 bridgehead atoms. The van der Waals surface area contributed by atoms with Crippen molar-refractivity contribution in [3.05, 3.63) is 57.9 Å². The molecule has 3 rings (SSSR count). The molecule has 0 amide bonds. The van der Waals surface area contributed by atoms with Gasteiger partial charge in [0.15, 0.2) is 5.78 Å². The van der Waals surface area contributed by atoms with Gasteiger partial charge in [-0.2, -0.15) is 0 Å². The fraction of sp³-hybridized carbons (Fsp3) is 0.278. The van der Waals surface area contributed by atoms with E-state index >= 15 is 0 Å². The van der Waals surface area contributed by atoms with Crippen LogP contribution in [0.4, 0.5) is 21.5 Å². The van der Waals surface area contributed by atoms with Crippen LogP contribution in [0, 0.1) is 15.9 Å². The molecule has 0 radical (unpaired) electrons. The van der Waals surface area contributed by atoms with Crippen LogP contribution < -0.4 is 14.9 Å². The van der Waals surface area contributed by atoms with Gasteiger partial charge in [0.1, 0.15) is 10.7 Å². The van der Waals surface area contributed by atoms with Gasteiger partial charge in [0.2, 0.25) is 10.0 Å². The molecular formula is C18H19FN4O5S. The van der Waals surface area contributed by atoms with E-state index in [1.807, 2.05) is 0 Å². The number of Topliss-reactive ketones (excluding diaryl/α,β-unsaturated/α-hetero) is 1. The molecule has 0 atom stereocenters. The maximum Gasteiger partial charge on any atom is 0.270 e. The van der Waals surface area contributed by atoms with Gasteiger partial charge >= 0.3 is 0 Å². The van der Waals surface area contributed by atoms with Crippen molar-refractivity contribution in [1.29, 1.82) is 0 Å². The number of halogens is 1. The summed E-state index contributed by atoms with van der Waals surface area (Å²) in [6, 6.07) is 7.81. The zero-order valence-electron chi connectivity index (χ0n) is 15.5. The lowest BCUT2D eigenvalue weighted by atomic mass is 10.1. The minimum Gasteiger partial charge on any atom is -0.367 e. The third-order valence-electron chi connectivity index (χ3n) is 4.78. The molecule has 0 spiro atoms. The molecule has 9 nitrogen and oxygen atoms in total. The zero-order chi connectivity index (χ0) is 21.3. The number of non-ortho nitro benzene ring substituents is 1. The Bertz CT molecular complexity index is 1080. The number of benzene rings is 2. The SMILES string of the molecule is CC(=O)c1ccc(N2CCN(c3ccc([N+](=O)[O-])cc3S(N)(=O)=O)CC2)c(F)c1. The first-order valence-corrected chi connectivity index (χ1v) is 10.2. The standard InChI is InChI=1S/C18H19FN4O5S/c1-12(24)13-2-4-16(15(19)10-13)21-6-8-22(9-7-21)17-5-3-14(23(25)26)11-18(17)29(20,27)28/h2-5,10-11H,6-9H2,1H3,(H2,20,27,28). The Morgan fingerprint density at radius 3 is 2.10 bits per heavy atom. The van der Waals surface area contributed by atoms with E-state index in [9.17, 15) is 27.7 Å². The van der Waals surface area contributed by atoms with E-state index < -0.39 is 20.8 Å². The molecule has 0 unspecified atom stereocenters. The lowest BCUT2D eigenvalue weighted by molar-refractivity contribution is -0.385. The quantitative estimate of drug-likeness (QED) is 0.443. The van der Waals surface area contributed by atoms with Crippen molar-refractivity contribution in [3.8, 4) is 0 Å². The van der Waals surface area contributed by atoms with E-state index in [0.717, 1.165) is 6.07 Å². The number of nitrogens with zero attached hydrogens (tertiary/aromatic N) is 3. The van der Waals surface area contributed by atoms with Crippen LogP contribution >= 0.6 is 0 Å². The fourth-order valence-corrected chi connectivity index (χ4v) is 4.05. The number of nitro groups is 1. The number of nitrogens with two attached hydrogens (primary N) is 1. The van der Waals surface area contributed by atoms with Gasteiger partial charge in [0.05, 0.1) is 16.3 Å². The highest BCUT2D eigenvalue weighted by Crippen LogP contribution is 2.30. The largest absolute Gasteiger partial charge is 0.367 e. The highest BCUT2D eigenvalue weighted by Gasteiger charge is 2.26. The highest BCUT2D eigenvalue weighted by molar-refractivity contribution is 7.89. The van der Waals surface area contributed by atoms with Gasteiger partial charge < -0.3 is 9.80 Å². The minimum atomic E-state index is -4.18.